The molecule has 0 unspecified atom stereocenters. The van der Waals surface area contributed by atoms with Crippen LogP contribution >= 0.6 is 0 Å². The van der Waals surface area contributed by atoms with Gasteiger partial charge >= 0.3 is 0 Å². The van der Waals surface area contributed by atoms with Gasteiger partial charge in [0.25, 0.3) is 0 Å². The highest BCUT2D eigenvalue weighted by molar-refractivity contribution is 7.89. The summed E-state index contributed by atoms with van der Waals surface area (Å²) in [5.74, 6) is 0.713. The number of benzene rings is 1. The van der Waals surface area contributed by atoms with Gasteiger partial charge in [-0.25, -0.2) is 13.4 Å². The lowest BCUT2D eigenvalue weighted by atomic mass is 10.2. The molecule has 0 aliphatic carbocycles. The fourth-order valence-electron chi connectivity index (χ4n) is 3.94. The van der Waals surface area contributed by atoms with Crippen molar-refractivity contribution < 1.29 is 8.42 Å². The van der Waals surface area contributed by atoms with Crippen LogP contribution < -0.4 is 0 Å². The summed E-state index contributed by atoms with van der Waals surface area (Å²) in [6.45, 7) is 0.881. The van der Waals surface area contributed by atoms with E-state index in [1.807, 2.05) is 57.6 Å². The normalized spacial score (nSPS) is 18.4. The van der Waals surface area contributed by atoms with Crippen LogP contribution in [-0.4, -0.2) is 49.2 Å². The van der Waals surface area contributed by atoms with E-state index in [1.165, 1.54) is 0 Å². The number of aryl methyl sites for hydroxylation is 1. The average Bonchev–Trinajstić information content (AvgIpc) is 3.43. The molecule has 28 heavy (non-hydrogen) atoms. The van der Waals surface area contributed by atoms with E-state index in [0.29, 0.717) is 18.9 Å². The first-order valence-electron chi connectivity index (χ1n) is 9.32. The lowest BCUT2D eigenvalue weighted by molar-refractivity contribution is 0.380. The predicted octanol–water partition coefficient (Wildman–Crippen LogP) is 2.25. The van der Waals surface area contributed by atoms with Crippen molar-refractivity contribution in [2.24, 2.45) is 0 Å². The van der Waals surface area contributed by atoms with E-state index in [0.717, 1.165) is 29.5 Å². The lowest BCUT2D eigenvalue weighted by Gasteiger charge is -2.23. The highest BCUT2D eigenvalue weighted by atomic mass is 32.2. The van der Waals surface area contributed by atoms with Gasteiger partial charge in [0.1, 0.15) is 0 Å². The Morgan fingerprint density at radius 2 is 1.93 bits per heavy atom. The third kappa shape index (κ3) is 2.87. The Morgan fingerprint density at radius 1 is 1.07 bits per heavy atom. The fraction of sp³-hybridized carbons (Fsp3) is 0.316. The van der Waals surface area contributed by atoms with Crippen LogP contribution in [0.1, 0.15) is 24.7 Å². The Kier molecular flexibility index (Phi) is 4.13. The first-order chi connectivity index (χ1) is 13.6. The van der Waals surface area contributed by atoms with E-state index in [2.05, 4.69) is 15.2 Å². The molecular weight excluding hydrogens is 376 g/mol. The van der Waals surface area contributed by atoms with E-state index in [9.17, 15) is 8.42 Å². The van der Waals surface area contributed by atoms with E-state index in [1.54, 1.807) is 10.6 Å². The molecule has 1 aromatic carbocycles. The summed E-state index contributed by atoms with van der Waals surface area (Å²) in [5, 5.41) is 8.46. The van der Waals surface area contributed by atoms with Crippen molar-refractivity contribution in [2.75, 3.05) is 12.3 Å². The summed E-state index contributed by atoms with van der Waals surface area (Å²) < 4.78 is 31.6. The van der Waals surface area contributed by atoms with E-state index in [-0.39, 0.29) is 11.8 Å². The first-order valence-corrected chi connectivity index (χ1v) is 10.9. The molecule has 1 saturated heterocycles. The Balaban J connectivity index is 1.40. The van der Waals surface area contributed by atoms with Crippen LogP contribution in [0.25, 0.3) is 16.7 Å². The zero-order valence-electron chi connectivity index (χ0n) is 15.2. The molecule has 144 valence electrons. The van der Waals surface area contributed by atoms with Crippen LogP contribution in [0.3, 0.4) is 0 Å². The molecule has 4 aromatic rings. The molecule has 0 N–H and O–H groups in total. The molecule has 1 aliphatic heterocycles. The van der Waals surface area contributed by atoms with Gasteiger partial charge in [0, 0.05) is 19.3 Å². The van der Waals surface area contributed by atoms with Gasteiger partial charge in [-0.15, -0.1) is 10.2 Å². The Bertz CT molecular complexity index is 1250. The summed E-state index contributed by atoms with van der Waals surface area (Å²) >= 11 is 0. The molecule has 8 nitrogen and oxygen atoms in total. The minimum atomic E-state index is -3.44. The van der Waals surface area contributed by atoms with Crippen molar-refractivity contribution in [3.05, 3.63) is 60.8 Å². The summed E-state index contributed by atoms with van der Waals surface area (Å²) in [7, 11) is -3.44. The van der Waals surface area contributed by atoms with E-state index in [4.69, 9.17) is 0 Å². The number of rotatable bonds is 5. The Labute approximate surface area is 162 Å². The number of hydrogen-bond donors (Lipinski definition) is 0. The molecule has 3 aromatic heterocycles. The van der Waals surface area contributed by atoms with Gasteiger partial charge in [0.15, 0.2) is 11.5 Å². The smallest absolute Gasteiger partial charge is 0.216 e. The molecule has 1 aliphatic rings. The minimum Gasteiger partial charge on any atom is -0.330 e. The molecule has 0 saturated carbocycles. The maximum Gasteiger partial charge on any atom is 0.216 e. The second kappa shape index (κ2) is 6.68. The van der Waals surface area contributed by atoms with Gasteiger partial charge in [-0.2, -0.15) is 4.31 Å². The van der Waals surface area contributed by atoms with E-state index >= 15 is 0 Å². The molecule has 1 fully saturated rings. The van der Waals surface area contributed by atoms with Gasteiger partial charge in [-0.1, -0.05) is 18.2 Å². The number of pyridine rings is 1. The molecule has 0 spiro atoms. The third-order valence-electron chi connectivity index (χ3n) is 5.32. The van der Waals surface area contributed by atoms with Gasteiger partial charge in [0.2, 0.25) is 10.0 Å². The SMILES string of the molecule is O=S(=O)(CCn1cnc2ccccc21)N1CCC[C@H]1c1nnc2ccccn12. The number of para-hydroxylation sites is 2. The molecule has 0 bridgehead atoms. The van der Waals surface area contributed by atoms with Crippen molar-refractivity contribution in [3.8, 4) is 0 Å². The van der Waals surface area contributed by atoms with E-state index < -0.39 is 10.0 Å². The quantitative estimate of drug-likeness (QED) is 0.516. The lowest BCUT2D eigenvalue weighted by Crippen LogP contribution is -2.34. The standard InChI is InChI=1S/C19H20N6O2S/c26-28(27,13-12-23-14-20-15-6-1-2-7-16(15)23)25-11-5-8-17(25)19-22-21-18-9-3-4-10-24(18)19/h1-4,6-7,9-10,14,17H,5,8,11-13H2/t17-/m0/s1. The molecule has 5 rings (SSSR count). The van der Waals surface area contributed by atoms with Gasteiger partial charge in [-0.3, -0.25) is 4.40 Å². The largest absolute Gasteiger partial charge is 0.330 e. The topological polar surface area (TPSA) is 85.4 Å². The number of aromatic nitrogens is 5. The summed E-state index contributed by atoms with van der Waals surface area (Å²) in [6, 6.07) is 13.1. The number of nitrogens with zero attached hydrogens (tertiary/aromatic N) is 6. The highest BCUT2D eigenvalue weighted by Gasteiger charge is 2.37. The predicted molar refractivity (Wildman–Crippen MR) is 105 cm³/mol. The van der Waals surface area contributed by atoms with Crippen LogP contribution in [0.2, 0.25) is 0 Å². The molecule has 4 heterocycles. The molecule has 1 atom stereocenters. The van der Waals surface area contributed by atoms with Gasteiger partial charge in [-0.05, 0) is 37.1 Å². The maximum absolute atomic E-state index is 13.1. The van der Waals surface area contributed by atoms with Gasteiger partial charge in [0.05, 0.1) is 29.2 Å². The van der Waals surface area contributed by atoms with Crippen LogP contribution in [0.15, 0.2) is 55.0 Å². The summed E-state index contributed by atoms with van der Waals surface area (Å²) in [5.41, 5.74) is 2.54. The Morgan fingerprint density at radius 3 is 2.86 bits per heavy atom. The monoisotopic (exact) mass is 396 g/mol. The molecule has 0 radical (unpaired) electrons. The number of sulfonamides is 1. The van der Waals surface area contributed by atoms with Crippen molar-refractivity contribution >= 4 is 26.7 Å². The Hall–Kier alpha value is -2.78. The number of imidazole rings is 1. The third-order valence-corrected chi connectivity index (χ3v) is 7.17. The zero-order valence-corrected chi connectivity index (χ0v) is 16.0. The van der Waals surface area contributed by atoms with Crippen molar-refractivity contribution in [1.82, 2.24) is 28.5 Å². The molecule has 0 amide bonds. The maximum atomic E-state index is 13.1. The van der Waals surface area contributed by atoms with Crippen molar-refractivity contribution in [2.45, 2.75) is 25.4 Å². The summed E-state index contributed by atoms with van der Waals surface area (Å²) in [6.07, 6.45) is 5.15. The number of fused-ring (bicyclic) bond motifs is 2. The highest BCUT2D eigenvalue weighted by Crippen LogP contribution is 2.33. The number of hydrogen-bond acceptors (Lipinski definition) is 5. The first kappa shape index (κ1) is 17.3. The molecule has 9 heteroatoms. The van der Waals surface area contributed by atoms with Crippen LogP contribution in [0, 0.1) is 0 Å². The van der Waals surface area contributed by atoms with Crippen molar-refractivity contribution in [3.63, 3.8) is 0 Å². The second-order valence-corrected chi connectivity index (χ2v) is 9.04. The average molecular weight is 396 g/mol. The van der Waals surface area contributed by atoms with Crippen LogP contribution in [0.4, 0.5) is 0 Å². The van der Waals surface area contributed by atoms with Gasteiger partial charge < -0.3 is 4.57 Å². The van der Waals surface area contributed by atoms with Crippen LogP contribution in [0.5, 0.6) is 0 Å². The second-order valence-electron chi connectivity index (χ2n) is 7.00. The molecular formula is C19H20N6O2S. The van der Waals surface area contributed by atoms with Crippen LogP contribution in [-0.2, 0) is 16.6 Å². The zero-order chi connectivity index (χ0) is 19.1. The van der Waals surface area contributed by atoms with Crippen molar-refractivity contribution in [1.29, 1.82) is 0 Å². The minimum absolute atomic E-state index is 0.0284. The summed E-state index contributed by atoms with van der Waals surface area (Å²) in [4.78, 5) is 4.34. The fourth-order valence-corrected chi connectivity index (χ4v) is 5.59.